The van der Waals surface area contributed by atoms with E-state index in [1.165, 1.54) is 10.5 Å². The van der Waals surface area contributed by atoms with Gasteiger partial charge in [-0.2, -0.15) is 4.31 Å². The summed E-state index contributed by atoms with van der Waals surface area (Å²) in [4.78, 5) is 24.4. The summed E-state index contributed by atoms with van der Waals surface area (Å²) >= 11 is 1.54. The maximum Gasteiger partial charge on any atom is 0.274 e. The van der Waals surface area contributed by atoms with Crippen molar-refractivity contribution < 1.29 is 13.2 Å². The smallest absolute Gasteiger partial charge is 0.274 e. The van der Waals surface area contributed by atoms with Crippen LogP contribution >= 0.6 is 23.7 Å². The fraction of sp³-hybridized carbons (Fsp3) is 0.286. The van der Waals surface area contributed by atoms with Crippen LogP contribution in [0.4, 0.5) is 5.82 Å². The summed E-state index contributed by atoms with van der Waals surface area (Å²) in [5.41, 5.74) is 6.98. The van der Waals surface area contributed by atoms with Crippen LogP contribution < -0.4 is 11.1 Å². The maximum absolute atomic E-state index is 12.9. The fourth-order valence-corrected chi connectivity index (χ4v) is 5.41. The number of nitrogens with zero attached hydrogens (tertiary/aromatic N) is 4. The molecular formula is C21H25ClN6O3S2. The van der Waals surface area contributed by atoms with Crippen LogP contribution in [0, 0.1) is 0 Å². The fourth-order valence-electron chi connectivity index (χ4n) is 3.34. The number of hydrogen-bond acceptors (Lipinski definition) is 8. The van der Waals surface area contributed by atoms with Gasteiger partial charge in [0, 0.05) is 36.6 Å². The summed E-state index contributed by atoms with van der Waals surface area (Å²) in [6, 6.07) is 10.3. The number of benzene rings is 1. The van der Waals surface area contributed by atoms with Crippen LogP contribution in [0.15, 0.2) is 52.9 Å². The van der Waals surface area contributed by atoms with Gasteiger partial charge < -0.3 is 16.0 Å². The monoisotopic (exact) mass is 508 g/mol. The van der Waals surface area contributed by atoms with Gasteiger partial charge in [0.25, 0.3) is 5.91 Å². The largest absolute Gasteiger partial charge is 0.382 e. The summed E-state index contributed by atoms with van der Waals surface area (Å²) in [5.74, 6) is -0.383. The molecule has 4 rings (SSSR count). The molecule has 1 aliphatic rings. The minimum Gasteiger partial charge on any atom is -0.382 e. The molecule has 0 spiro atoms. The molecule has 33 heavy (non-hydrogen) atoms. The number of nitrogen functional groups attached to an aromatic ring is 1. The molecule has 3 heterocycles. The molecule has 1 aliphatic heterocycles. The second-order valence-electron chi connectivity index (χ2n) is 7.48. The van der Waals surface area contributed by atoms with Gasteiger partial charge in [0.05, 0.1) is 23.3 Å². The van der Waals surface area contributed by atoms with Crippen LogP contribution in [-0.2, 0) is 16.6 Å². The Morgan fingerprint density at radius 3 is 2.48 bits per heavy atom. The number of nitrogens with one attached hydrogen (secondary N) is 1. The lowest BCUT2D eigenvalue weighted by Crippen LogP contribution is -2.46. The molecular weight excluding hydrogens is 484 g/mol. The molecule has 0 saturated carbocycles. The molecule has 1 amide bonds. The number of thiophene rings is 1. The predicted molar refractivity (Wildman–Crippen MR) is 131 cm³/mol. The standard InChI is InChI=1S/C21H24N6O3S2.ClH/c1-26-8-10-27(11-9-26)32(29,30)17-6-4-15(5-7-17)18-14-23-20(22)19(25-18)21(28)24-13-16-3-2-12-31-16;/h2-7,12,14H,8-11,13H2,1H3,(H2,22,23)(H,24,28);1H. The van der Waals surface area contributed by atoms with E-state index in [-0.39, 0.29) is 28.8 Å². The number of likely N-dealkylation sites (N-methyl/N-ethyl adjacent to an activating group) is 1. The average Bonchev–Trinajstić information content (AvgIpc) is 3.32. The van der Waals surface area contributed by atoms with Crippen LogP contribution in [0.25, 0.3) is 11.3 Å². The molecule has 1 saturated heterocycles. The lowest BCUT2D eigenvalue weighted by atomic mass is 10.1. The normalized spacial score (nSPS) is 15.1. The third-order valence-corrected chi connectivity index (χ3v) is 8.06. The molecule has 1 aromatic carbocycles. The number of piperazine rings is 1. The molecule has 0 atom stereocenters. The van der Waals surface area contributed by atoms with E-state index >= 15 is 0 Å². The number of anilines is 1. The average molecular weight is 509 g/mol. The Kier molecular flexibility index (Phi) is 8.03. The van der Waals surface area contributed by atoms with E-state index in [0.29, 0.717) is 44.0 Å². The first-order valence-electron chi connectivity index (χ1n) is 10.1. The van der Waals surface area contributed by atoms with Crippen molar-refractivity contribution in [2.75, 3.05) is 39.0 Å². The van der Waals surface area contributed by atoms with Crippen molar-refractivity contribution in [3.8, 4) is 11.3 Å². The van der Waals surface area contributed by atoms with Gasteiger partial charge in [0.15, 0.2) is 11.5 Å². The van der Waals surface area contributed by atoms with Crippen LogP contribution in [-0.4, -0.2) is 66.7 Å². The zero-order valence-electron chi connectivity index (χ0n) is 18.0. The number of carbonyl (C=O) groups excluding carboxylic acids is 1. The van der Waals surface area contributed by atoms with Gasteiger partial charge in [-0.05, 0) is 30.6 Å². The number of amides is 1. The van der Waals surface area contributed by atoms with Crippen molar-refractivity contribution in [2.45, 2.75) is 11.4 Å². The van der Waals surface area contributed by atoms with E-state index < -0.39 is 15.9 Å². The third-order valence-electron chi connectivity index (χ3n) is 5.27. The van der Waals surface area contributed by atoms with Crippen LogP contribution in [0.5, 0.6) is 0 Å². The van der Waals surface area contributed by atoms with Crippen molar-refractivity contribution in [1.82, 2.24) is 24.5 Å². The predicted octanol–water partition coefficient (Wildman–Crippen LogP) is 2.08. The summed E-state index contributed by atoms with van der Waals surface area (Å²) < 4.78 is 27.3. The van der Waals surface area contributed by atoms with Crippen molar-refractivity contribution in [2.24, 2.45) is 0 Å². The van der Waals surface area contributed by atoms with Crippen molar-refractivity contribution in [3.63, 3.8) is 0 Å². The van der Waals surface area contributed by atoms with Gasteiger partial charge in [-0.1, -0.05) is 18.2 Å². The van der Waals surface area contributed by atoms with E-state index in [0.717, 1.165) is 4.88 Å². The molecule has 0 unspecified atom stereocenters. The van der Waals surface area contributed by atoms with Gasteiger partial charge in [-0.3, -0.25) is 4.79 Å². The van der Waals surface area contributed by atoms with E-state index in [1.54, 1.807) is 35.6 Å². The molecule has 3 N–H and O–H groups in total. The molecule has 0 aliphatic carbocycles. The quantitative estimate of drug-likeness (QED) is 0.522. The van der Waals surface area contributed by atoms with Gasteiger partial charge in [0.1, 0.15) is 0 Å². The number of nitrogens with two attached hydrogens (primary N) is 1. The van der Waals surface area contributed by atoms with Crippen LogP contribution in [0.3, 0.4) is 0 Å². The molecule has 9 nitrogen and oxygen atoms in total. The summed E-state index contributed by atoms with van der Waals surface area (Å²) in [6.07, 6.45) is 1.47. The van der Waals surface area contributed by atoms with E-state index in [2.05, 4.69) is 20.2 Å². The maximum atomic E-state index is 12.9. The zero-order valence-corrected chi connectivity index (χ0v) is 20.4. The minimum absolute atomic E-state index is 0. The first-order valence-corrected chi connectivity index (χ1v) is 12.4. The number of sulfonamides is 1. The van der Waals surface area contributed by atoms with E-state index in [4.69, 9.17) is 5.73 Å². The molecule has 12 heteroatoms. The van der Waals surface area contributed by atoms with Crippen molar-refractivity contribution >= 4 is 45.5 Å². The molecule has 1 fully saturated rings. The highest BCUT2D eigenvalue weighted by molar-refractivity contribution is 7.89. The zero-order chi connectivity index (χ0) is 22.7. The van der Waals surface area contributed by atoms with E-state index in [9.17, 15) is 13.2 Å². The number of hydrogen-bond donors (Lipinski definition) is 2. The number of carbonyl (C=O) groups is 1. The Labute approximate surface area is 203 Å². The summed E-state index contributed by atoms with van der Waals surface area (Å²) in [7, 11) is -1.58. The topological polar surface area (TPSA) is 122 Å². The Morgan fingerprint density at radius 2 is 1.85 bits per heavy atom. The summed E-state index contributed by atoms with van der Waals surface area (Å²) in [6.45, 7) is 2.72. The highest BCUT2D eigenvalue weighted by atomic mass is 35.5. The Bertz CT molecular complexity index is 1200. The Hall–Kier alpha value is -2.57. The SMILES string of the molecule is CN1CCN(S(=O)(=O)c2ccc(-c3cnc(N)c(C(=O)NCc4cccs4)n3)cc2)CC1.Cl. The van der Waals surface area contributed by atoms with Gasteiger partial charge >= 0.3 is 0 Å². The molecule has 0 radical (unpaired) electrons. The Morgan fingerprint density at radius 1 is 1.15 bits per heavy atom. The van der Waals surface area contributed by atoms with Crippen LogP contribution in [0.1, 0.15) is 15.4 Å². The molecule has 2 aromatic heterocycles. The van der Waals surface area contributed by atoms with Gasteiger partial charge in [0.2, 0.25) is 10.0 Å². The second-order valence-corrected chi connectivity index (χ2v) is 10.5. The molecule has 3 aromatic rings. The van der Waals surface area contributed by atoms with Crippen molar-refractivity contribution in [1.29, 1.82) is 0 Å². The lowest BCUT2D eigenvalue weighted by molar-refractivity contribution is 0.0947. The molecule has 0 bridgehead atoms. The number of aromatic nitrogens is 2. The third kappa shape index (κ3) is 5.68. The summed E-state index contributed by atoms with van der Waals surface area (Å²) in [5, 5.41) is 4.72. The minimum atomic E-state index is -3.55. The number of rotatable bonds is 6. The Balaban J connectivity index is 0.00000306. The van der Waals surface area contributed by atoms with E-state index in [1.807, 2.05) is 24.6 Å². The first-order chi connectivity index (χ1) is 15.3. The van der Waals surface area contributed by atoms with Gasteiger partial charge in [-0.15, -0.1) is 23.7 Å². The lowest BCUT2D eigenvalue weighted by Gasteiger charge is -2.31. The van der Waals surface area contributed by atoms with Gasteiger partial charge in [-0.25, -0.2) is 18.4 Å². The van der Waals surface area contributed by atoms with Crippen molar-refractivity contribution in [3.05, 3.63) is 58.5 Å². The highest BCUT2D eigenvalue weighted by Gasteiger charge is 2.27. The van der Waals surface area contributed by atoms with Crippen LogP contribution in [0.2, 0.25) is 0 Å². The molecule has 176 valence electrons. The second kappa shape index (κ2) is 10.6. The number of halogens is 1. The highest BCUT2D eigenvalue weighted by Crippen LogP contribution is 2.23. The first kappa shape index (κ1) is 25.1.